The van der Waals surface area contributed by atoms with Gasteiger partial charge in [-0.1, -0.05) is 58.0 Å². The summed E-state index contributed by atoms with van der Waals surface area (Å²) in [6, 6.07) is 11.3. The molecule has 86 heavy (non-hydrogen) atoms. The molecule has 2 aromatic heterocycles. The minimum atomic E-state index is -5.08. The van der Waals surface area contributed by atoms with Gasteiger partial charge in [0.2, 0.25) is 41.4 Å². The van der Waals surface area contributed by atoms with Gasteiger partial charge in [0.15, 0.2) is 11.6 Å². The number of hydrogen-bond acceptors (Lipinski definition) is 13. The van der Waals surface area contributed by atoms with E-state index in [0.717, 1.165) is 23.8 Å². The minimum absolute atomic E-state index is 0.0217. The molecule has 6 atom stereocenters. The zero-order valence-electron chi connectivity index (χ0n) is 48.8. The third-order valence-corrected chi connectivity index (χ3v) is 13.3. The van der Waals surface area contributed by atoms with Crippen molar-refractivity contribution in [2.45, 2.75) is 142 Å². The average molecular weight is 1210 g/mol. The lowest BCUT2D eigenvalue weighted by Crippen LogP contribution is -2.56. The topological polar surface area (TPSA) is 344 Å². The molecule has 11 N–H and O–H groups in total. The molecule has 27 heteroatoms. The van der Waals surface area contributed by atoms with E-state index in [0.29, 0.717) is 37.1 Å². The van der Waals surface area contributed by atoms with Gasteiger partial charge in [-0.05, 0) is 98.5 Å². The molecular formula is C59H77F5N10O12. The number of primary amides is 1. The summed E-state index contributed by atoms with van der Waals surface area (Å²) >= 11 is 0. The summed E-state index contributed by atoms with van der Waals surface area (Å²) in [4.78, 5) is 134. The number of carbonyl (C=O) groups is 10. The highest BCUT2D eigenvalue weighted by molar-refractivity contribution is 5.97. The number of carbonyl (C=O) groups excluding carboxylic acids is 9. The average Bonchev–Trinajstić information content (AvgIpc) is 1.97. The van der Waals surface area contributed by atoms with Crippen LogP contribution in [0, 0.1) is 23.0 Å². The molecule has 0 aliphatic heterocycles. The first kappa shape index (κ1) is 71.8. The Morgan fingerprint density at radius 1 is 0.744 bits per heavy atom. The number of benzene rings is 2. The maximum atomic E-state index is 15.4. The van der Waals surface area contributed by atoms with Gasteiger partial charge in [0.05, 0.1) is 31.0 Å². The number of carboxylic acids is 1. The lowest BCUT2D eigenvalue weighted by molar-refractivity contribution is -0.192. The van der Waals surface area contributed by atoms with Crippen LogP contribution < -0.4 is 38.1 Å². The van der Waals surface area contributed by atoms with Crippen LogP contribution in [0.4, 0.5) is 22.0 Å². The molecule has 0 spiro atoms. The largest absolute Gasteiger partial charge is 0.490 e. The van der Waals surface area contributed by atoms with Crippen LogP contribution >= 0.6 is 0 Å². The van der Waals surface area contributed by atoms with Crippen molar-refractivity contribution >= 4 is 58.9 Å². The van der Waals surface area contributed by atoms with Gasteiger partial charge >= 0.3 is 12.1 Å². The second-order valence-electron chi connectivity index (χ2n) is 21.6. The Balaban J connectivity index is 0.00000259. The van der Waals surface area contributed by atoms with Crippen LogP contribution in [-0.2, 0) is 60.9 Å². The molecule has 0 aliphatic rings. The first-order valence-electron chi connectivity index (χ1n) is 27.6. The van der Waals surface area contributed by atoms with Crippen molar-refractivity contribution in [2.75, 3.05) is 26.2 Å². The second kappa shape index (κ2) is 34.5. The SMILES string of the molecule is CC(=O)N[C@@H](CCCCN)C(=O)CCCNC(=O)[C@H](CCN(C(=O)CO)[C@@H](c1cc(-c2cc(F)ccc2F)cn1Cc1ccccc1)C(C)(C)C)NC(=O)[C@H](CC(N)=O)NC(=O)[C@@H](C)CC(=O)[C@H](C)NC(=O)Cc1ccncc1.O=C(O)C(F)(F)F. The molecular weight excluding hydrogens is 1140 g/mol. The minimum Gasteiger partial charge on any atom is -0.475 e. The number of rotatable bonds is 32. The molecule has 4 rings (SSSR count). The van der Waals surface area contributed by atoms with E-state index in [1.54, 1.807) is 29.0 Å². The predicted octanol–water partition coefficient (Wildman–Crippen LogP) is 4.10. The van der Waals surface area contributed by atoms with Gasteiger partial charge in [0, 0.05) is 80.7 Å². The second-order valence-corrected chi connectivity index (χ2v) is 21.6. The smallest absolute Gasteiger partial charge is 0.475 e. The fourth-order valence-corrected chi connectivity index (χ4v) is 9.09. The molecule has 0 unspecified atom stereocenters. The Bertz CT molecular complexity index is 2960. The predicted molar refractivity (Wildman–Crippen MR) is 304 cm³/mol. The number of nitrogens with zero attached hydrogens (tertiary/aromatic N) is 3. The van der Waals surface area contributed by atoms with Gasteiger partial charge < -0.3 is 57.7 Å². The monoisotopic (exact) mass is 1210 g/mol. The number of nitrogens with two attached hydrogens (primary N) is 2. The van der Waals surface area contributed by atoms with Crippen molar-refractivity contribution in [1.29, 1.82) is 0 Å². The number of carboxylic acid groups (broad SMARTS) is 1. The highest BCUT2D eigenvalue weighted by Crippen LogP contribution is 2.41. The van der Waals surface area contributed by atoms with E-state index < -0.39 is 125 Å². The Kier molecular flexibility index (Phi) is 28.8. The van der Waals surface area contributed by atoms with Crippen molar-refractivity contribution in [3.8, 4) is 11.1 Å². The Morgan fingerprint density at radius 2 is 1.38 bits per heavy atom. The van der Waals surface area contributed by atoms with Crippen LogP contribution in [0.15, 0.2) is 85.3 Å². The number of aliphatic carboxylic acids is 1. The van der Waals surface area contributed by atoms with Gasteiger partial charge in [-0.25, -0.2) is 13.6 Å². The standard InChI is InChI=1S/C57H76F2N10O10.C2HF3O2/c1-35(27-49(73)36(2)64-51(75)28-38-19-24-62-25-20-38)54(77)67-46(31-50(61)74)56(79)66-45(55(78)63-23-12-16-48(72)44(65-37(3)71)15-10-11-22-60)21-26-69(52(76)34-70)53(57(4,5)6)47-29-40(42-30-41(58)17-18-43(42)59)33-68(47)32-39-13-8-7-9-14-39;3-2(4,5)1(6)7/h7-9,13-14,17-20,24-25,29-30,33,35-36,44-46,53,70H,10-12,15-16,21-23,26-28,31-32,34,60H2,1-6H3,(H2,61,74)(H,63,78)(H,64,75)(H,65,71)(H,66,79)(H,67,77);(H,6,7)/t35-,36-,44-,45-,46-,53-;/m0./s1. The summed E-state index contributed by atoms with van der Waals surface area (Å²) in [7, 11) is 0. The van der Waals surface area contributed by atoms with Crippen molar-refractivity contribution in [2.24, 2.45) is 22.8 Å². The summed E-state index contributed by atoms with van der Waals surface area (Å²) in [5.74, 6) is -11.3. The van der Waals surface area contributed by atoms with Crippen molar-refractivity contribution in [3.05, 3.63) is 114 Å². The number of hydrogen-bond donors (Lipinski definition) is 9. The van der Waals surface area contributed by atoms with E-state index in [1.165, 1.54) is 38.1 Å². The number of aliphatic hydroxyl groups is 1. The number of aromatic nitrogens is 2. The van der Waals surface area contributed by atoms with E-state index in [-0.39, 0.29) is 68.6 Å². The number of amides is 7. The molecule has 470 valence electrons. The van der Waals surface area contributed by atoms with Gasteiger partial charge in [-0.15, -0.1) is 0 Å². The number of alkyl halides is 3. The summed E-state index contributed by atoms with van der Waals surface area (Å²) < 4.78 is 63.6. The molecule has 2 heterocycles. The quantitative estimate of drug-likeness (QED) is 0.0246. The highest BCUT2D eigenvalue weighted by Gasteiger charge is 2.40. The Hall–Kier alpha value is -8.46. The summed E-state index contributed by atoms with van der Waals surface area (Å²) in [6.07, 6.45) is -0.257. The molecule has 0 aliphatic carbocycles. The fraction of sp³-hybridized carbons (Fsp3) is 0.475. The van der Waals surface area contributed by atoms with Crippen molar-refractivity contribution in [1.82, 2.24) is 41.0 Å². The number of halogens is 5. The normalized spacial score (nSPS) is 13.4. The third-order valence-electron chi connectivity index (χ3n) is 13.3. The fourth-order valence-electron chi connectivity index (χ4n) is 9.09. The molecule has 4 aromatic rings. The van der Waals surface area contributed by atoms with Crippen LogP contribution in [0.25, 0.3) is 11.1 Å². The molecule has 7 amide bonds. The third kappa shape index (κ3) is 24.3. The lowest BCUT2D eigenvalue weighted by Gasteiger charge is -2.41. The first-order chi connectivity index (χ1) is 40.4. The molecule has 22 nitrogen and oxygen atoms in total. The van der Waals surface area contributed by atoms with E-state index in [1.807, 2.05) is 51.1 Å². The number of aliphatic hydroxyl groups excluding tert-OH is 1. The van der Waals surface area contributed by atoms with Crippen LogP contribution in [0.1, 0.15) is 116 Å². The van der Waals surface area contributed by atoms with E-state index in [4.69, 9.17) is 21.4 Å². The van der Waals surface area contributed by atoms with E-state index in [9.17, 15) is 65.8 Å². The molecule has 0 saturated heterocycles. The Labute approximate surface area is 494 Å². The van der Waals surface area contributed by atoms with Crippen LogP contribution in [-0.4, -0.2) is 140 Å². The summed E-state index contributed by atoms with van der Waals surface area (Å²) in [5, 5.41) is 30.7. The van der Waals surface area contributed by atoms with Gasteiger partial charge in [-0.3, -0.25) is 48.1 Å². The number of unbranched alkanes of at least 4 members (excludes halogenated alkanes) is 1. The molecule has 2 aromatic carbocycles. The summed E-state index contributed by atoms with van der Waals surface area (Å²) in [5.41, 5.74) is 12.5. The molecule has 0 radical (unpaired) electrons. The molecule has 0 saturated carbocycles. The number of ketones is 2. The Morgan fingerprint density at radius 3 is 1.97 bits per heavy atom. The number of nitrogens with one attached hydrogen (secondary N) is 5. The zero-order chi connectivity index (χ0) is 64.5. The van der Waals surface area contributed by atoms with Crippen LogP contribution in [0.5, 0.6) is 0 Å². The molecule has 0 fully saturated rings. The first-order valence-corrected chi connectivity index (χ1v) is 27.6. The van der Waals surface area contributed by atoms with Crippen LogP contribution in [0.3, 0.4) is 0 Å². The van der Waals surface area contributed by atoms with E-state index >= 15 is 4.39 Å². The zero-order valence-corrected chi connectivity index (χ0v) is 48.8. The number of Topliss-reactive ketones (excluding diaryl/α,β-unsaturated/α-hetero) is 2. The number of pyridine rings is 1. The van der Waals surface area contributed by atoms with Gasteiger partial charge in [0.25, 0.3) is 0 Å². The lowest BCUT2D eigenvalue weighted by atomic mass is 9.82. The summed E-state index contributed by atoms with van der Waals surface area (Å²) in [6.45, 7) is 8.83. The molecule has 0 bridgehead atoms. The maximum absolute atomic E-state index is 15.4. The van der Waals surface area contributed by atoms with Crippen LogP contribution in [0.2, 0.25) is 0 Å². The van der Waals surface area contributed by atoms with Gasteiger partial charge in [-0.2, -0.15) is 13.2 Å². The van der Waals surface area contributed by atoms with Crippen molar-refractivity contribution < 1.29 is 80.1 Å². The van der Waals surface area contributed by atoms with Crippen molar-refractivity contribution in [3.63, 3.8) is 0 Å². The van der Waals surface area contributed by atoms with Gasteiger partial charge in [0.1, 0.15) is 30.3 Å². The highest BCUT2D eigenvalue weighted by atomic mass is 19.4. The maximum Gasteiger partial charge on any atom is 0.490 e. The van der Waals surface area contributed by atoms with E-state index in [2.05, 4.69) is 31.6 Å².